The fourth-order valence-electron chi connectivity index (χ4n) is 1.29. The van der Waals surface area contributed by atoms with Crippen molar-refractivity contribution in [3.8, 4) is 0 Å². The molecule has 1 rings (SSSR count). The van der Waals surface area contributed by atoms with Gasteiger partial charge in [0.25, 0.3) is 0 Å². The molecule has 0 bridgehead atoms. The lowest BCUT2D eigenvalue weighted by molar-refractivity contribution is 1.19. The minimum atomic E-state index is 0.00778. The minimum Gasteiger partial charge on any atom is -0.384 e. The van der Waals surface area contributed by atoms with Crippen LogP contribution in [0.1, 0.15) is 25.0 Å². The third-order valence-electron chi connectivity index (χ3n) is 2.01. The van der Waals surface area contributed by atoms with Crippen LogP contribution in [0.3, 0.4) is 0 Å². The maximum Gasteiger partial charge on any atom is 0.134 e. The summed E-state index contributed by atoms with van der Waals surface area (Å²) in [5.74, 6) is 1.22. The van der Waals surface area contributed by atoms with Gasteiger partial charge >= 0.3 is 0 Å². The van der Waals surface area contributed by atoms with Gasteiger partial charge in [0.15, 0.2) is 0 Å². The minimum absolute atomic E-state index is 0.00778. The summed E-state index contributed by atoms with van der Waals surface area (Å²) >= 11 is 0. The maximum absolute atomic E-state index is 7.31. The van der Waals surface area contributed by atoms with Crippen molar-refractivity contribution in [2.75, 3.05) is 5.32 Å². The van der Waals surface area contributed by atoms with Crippen LogP contribution in [-0.2, 0) is 0 Å². The smallest absolute Gasteiger partial charge is 0.134 e. The normalized spacial score (nSPS) is 9.59. The highest BCUT2D eigenvalue weighted by atomic mass is 15.1. The average molecular weight is 231 g/mol. The third-order valence-corrected chi connectivity index (χ3v) is 2.01. The summed E-state index contributed by atoms with van der Waals surface area (Å²) in [4.78, 5) is 8.36. The molecule has 0 aromatic carbocycles. The fraction of sp³-hybridized carbons (Fsp3) is 0.250. The maximum atomic E-state index is 7.31. The molecule has 0 aliphatic rings. The van der Waals surface area contributed by atoms with E-state index in [1.807, 2.05) is 20.8 Å². The van der Waals surface area contributed by atoms with Crippen LogP contribution >= 0.6 is 0 Å². The zero-order chi connectivity index (χ0) is 13.0. The van der Waals surface area contributed by atoms with Crippen LogP contribution in [0.4, 0.5) is 5.82 Å². The molecule has 90 valence electrons. The highest BCUT2D eigenvalue weighted by molar-refractivity contribution is 5.95. The number of nitrogen functional groups attached to an aromatic ring is 1. The molecule has 1 heterocycles. The number of hydrogen-bond donors (Lipinski definition) is 3. The highest BCUT2D eigenvalue weighted by Gasteiger charge is 2.04. The van der Waals surface area contributed by atoms with Crippen LogP contribution in [0, 0.1) is 12.3 Å². The van der Waals surface area contributed by atoms with E-state index in [0.717, 1.165) is 11.3 Å². The van der Waals surface area contributed by atoms with E-state index in [1.54, 1.807) is 12.3 Å². The second-order valence-electron chi connectivity index (χ2n) is 3.93. The van der Waals surface area contributed by atoms with Crippen molar-refractivity contribution in [1.82, 2.24) is 4.98 Å². The zero-order valence-electron chi connectivity index (χ0n) is 10.3. The molecule has 4 N–H and O–H groups in total. The Labute approximate surface area is 101 Å². The number of amidine groups is 1. The van der Waals surface area contributed by atoms with Gasteiger partial charge in [-0.05, 0) is 32.4 Å². The summed E-state index contributed by atoms with van der Waals surface area (Å²) in [7, 11) is 0. The summed E-state index contributed by atoms with van der Waals surface area (Å²) in [6, 6.07) is 1.80. The summed E-state index contributed by atoms with van der Waals surface area (Å²) in [6.45, 7) is 9.46. The average Bonchev–Trinajstić information content (AvgIpc) is 2.19. The first-order valence-corrected chi connectivity index (χ1v) is 5.19. The van der Waals surface area contributed by atoms with E-state index in [-0.39, 0.29) is 5.84 Å². The van der Waals surface area contributed by atoms with Gasteiger partial charge in [0.1, 0.15) is 17.5 Å². The predicted molar refractivity (Wildman–Crippen MR) is 71.5 cm³/mol. The standard InChI is InChI=1S/C12H17N5/c1-7(2)16-9(4)17-12-8(3)5-10(6-15-12)11(13)14/h5-6H,4H2,1-3H3,(H3,13,14)(H,15,17). The Balaban J connectivity index is 2.90. The Morgan fingerprint density at radius 1 is 1.53 bits per heavy atom. The molecule has 5 heteroatoms. The first-order chi connectivity index (χ1) is 7.90. The molecular weight excluding hydrogens is 214 g/mol. The number of rotatable bonds is 4. The lowest BCUT2D eigenvalue weighted by Crippen LogP contribution is -2.12. The largest absolute Gasteiger partial charge is 0.384 e. The Morgan fingerprint density at radius 3 is 2.65 bits per heavy atom. The van der Waals surface area contributed by atoms with E-state index >= 15 is 0 Å². The van der Waals surface area contributed by atoms with Crippen molar-refractivity contribution in [1.29, 1.82) is 5.41 Å². The van der Waals surface area contributed by atoms with Crippen LogP contribution in [0.5, 0.6) is 0 Å². The lowest BCUT2D eigenvalue weighted by atomic mass is 10.2. The van der Waals surface area contributed by atoms with Crippen LogP contribution in [0.15, 0.2) is 29.7 Å². The monoisotopic (exact) mass is 231 g/mol. The second-order valence-corrected chi connectivity index (χ2v) is 3.93. The Bertz CT molecular complexity index is 484. The van der Waals surface area contributed by atoms with Gasteiger partial charge in [-0.15, -0.1) is 0 Å². The molecule has 0 saturated heterocycles. The predicted octanol–water partition coefficient (Wildman–Crippen LogP) is 2.04. The summed E-state index contributed by atoms with van der Waals surface area (Å²) in [6.07, 6.45) is 1.55. The van der Waals surface area contributed by atoms with Crippen molar-refractivity contribution in [3.05, 3.63) is 35.8 Å². The Kier molecular flexibility index (Phi) is 3.98. The Morgan fingerprint density at radius 2 is 2.18 bits per heavy atom. The molecule has 0 atom stereocenters. The first-order valence-electron chi connectivity index (χ1n) is 5.19. The van der Waals surface area contributed by atoms with E-state index in [0.29, 0.717) is 17.2 Å². The number of hydrogen-bond acceptors (Lipinski definition) is 4. The lowest BCUT2D eigenvalue weighted by Gasteiger charge is -2.09. The van der Waals surface area contributed by atoms with Crippen molar-refractivity contribution >= 4 is 17.4 Å². The van der Waals surface area contributed by atoms with E-state index in [4.69, 9.17) is 11.1 Å². The fourth-order valence-corrected chi connectivity index (χ4v) is 1.29. The molecule has 1 aromatic heterocycles. The molecule has 0 saturated carbocycles. The van der Waals surface area contributed by atoms with E-state index < -0.39 is 0 Å². The molecule has 0 aliphatic carbocycles. The van der Waals surface area contributed by atoms with Gasteiger partial charge in [0, 0.05) is 17.5 Å². The summed E-state index contributed by atoms with van der Waals surface area (Å²) in [5, 5.41) is 10.3. The van der Waals surface area contributed by atoms with Crippen molar-refractivity contribution in [3.63, 3.8) is 0 Å². The van der Waals surface area contributed by atoms with E-state index in [9.17, 15) is 0 Å². The number of pyridine rings is 1. The van der Waals surface area contributed by atoms with Crippen LogP contribution in [0.25, 0.3) is 0 Å². The number of anilines is 1. The SMILES string of the molecule is C=C(N=C(C)C)Nc1ncc(C(=N)N)cc1C. The molecule has 5 nitrogen and oxygen atoms in total. The quantitative estimate of drug-likeness (QED) is 0.547. The van der Waals surface area contributed by atoms with Crippen molar-refractivity contribution in [2.45, 2.75) is 20.8 Å². The van der Waals surface area contributed by atoms with Gasteiger partial charge in [-0.2, -0.15) is 0 Å². The van der Waals surface area contributed by atoms with Gasteiger partial charge < -0.3 is 11.1 Å². The molecule has 17 heavy (non-hydrogen) atoms. The van der Waals surface area contributed by atoms with Gasteiger partial charge in [-0.25, -0.2) is 9.98 Å². The topological polar surface area (TPSA) is 87.2 Å². The number of nitrogens with two attached hydrogens (primary N) is 1. The number of aliphatic imine (C=N–C) groups is 1. The number of aryl methyl sites for hydroxylation is 1. The van der Waals surface area contributed by atoms with Crippen LogP contribution in [-0.4, -0.2) is 16.5 Å². The molecule has 0 aliphatic heterocycles. The molecule has 0 amide bonds. The van der Waals surface area contributed by atoms with Crippen LogP contribution < -0.4 is 11.1 Å². The van der Waals surface area contributed by atoms with Crippen molar-refractivity contribution in [2.24, 2.45) is 10.7 Å². The van der Waals surface area contributed by atoms with Gasteiger partial charge in [0.2, 0.25) is 0 Å². The molecular formula is C12H17N5. The van der Waals surface area contributed by atoms with Gasteiger partial charge in [-0.3, -0.25) is 5.41 Å². The van der Waals surface area contributed by atoms with Gasteiger partial charge in [0.05, 0.1) is 0 Å². The van der Waals surface area contributed by atoms with Gasteiger partial charge in [-0.1, -0.05) is 6.58 Å². The molecule has 0 fully saturated rings. The summed E-state index contributed by atoms with van der Waals surface area (Å²) < 4.78 is 0. The Hall–Kier alpha value is -2.17. The summed E-state index contributed by atoms with van der Waals surface area (Å²) in [5.41, 5.74) is 7.80. The van der Waals surface area contributed by atoms with E-state index in [1.165, 1.54) is 0 Å². The highest BCUT2D eigenvalue weighted by Crippen LogP contribution is 2.14. The number of nitrogens with one attached hydrogen (secondary N) is 2. The zero-order valence-corrected chi connectivity index (χ0v) is 10.3. The first kappa shape index (κ1) is 12.9. The molecule has 0 unspecified atom stereocenters. The molecule has 0 radical (unpaired) electrons. The number of nitrogens with zero attached hydrogens (tertiary/aromatic N) is 2. The molecule has 1 aromatic rings. The van der Waals surface area contributed by atoms with E-state index in [2.05, 4.69) is 21.9 Å². The third kappa shape index (κ3) is 3.71. The second kappa shape index (κ2) is 5.25. The van der Waals surface area contributed by atoms with Crippen LogP contribution in [0.2, 0.25) is 0 Å². The molecule has 0 spiro atoms. The number of aromatic nitrogens is 1. The van der Waals surface area contributed by atoms with Crippen molar-refractivity contribution < 1.29 is 0 Å².